The summed E-state index contributed by atoms with van der Waals surface area (Å²) in [6.07, 6.45) is 10.3. The van der Waals surface area contributed by atoms with Crippen molar-refractivity contribution < 1.29 is 22.7 Å². The molecule has 0 saturated carbocycles. The zero-order valence-corrected chi connectivity index (χ0v) is 26.3. The van der Waals surface area contributed by atoms with Crippen LogP contribution >= 0.6 is 0 Å². The predicted octanol–water partition coefficient (Wildman–Crippen LogP) is 5.67. The van der Waals surface area contributed by atoms with Crippen LogP contribution in [-0.4, -0.2) is 87.7 Å². The van der Waals surface area contributed by atoms with Crippen molar-refractivity contribution in [2.75, 3.05) is 38.2 Å². The molecule has 1 amide bonds. The van der Waals surface area contributed by atoms with E-state index in [4.69, 9.17) is 16.1 Å². The number of fused-ring (bicyclic) bond motifs is 3. The van der Waals surface area contributed by atoms with Crippen LogP contribution in [0.2, 0.25) is 0 Å². The maximum Gasteiger partial charge on any atom is 0.319 e. The van der Waals surface area contributed by atoms with Crippen LogP contribution in [0.4, 0.5) is 19.0 Å². The summed E-state index contributed by atoms with van der Waals surface area (Å²) >= 11 is 0. The van der Waals surface area contributed by atoms with Crippen molar-refractivity contribution >= 4 is 33.4 Å². The van der Waals surface area contributed by atoms with Gasteiger partial charge in [-0.05, 0) is 50.3 Å². The van der Waals surface area contributed by atoms with Crippen LogP contribution in [-0.2, 0) is 4.79 Å². The van der Waals surface area contributed by atoms with Crippen molar-refractivity contribution in [3.63, 3.8) is 0 Å². The van der Waals surface area contributed by atoms with Crippen LogP contribution < -0.4 is 9.64 Å². The molecule has 5 heterocycles. The lowest BCUT2D eigenvalue weighted by Crippen LogP contribution is -2.44. The van der Waals surface area contributed by atoms with Crippen LogP contribution in [0, 0.1) is 24.0 Å². The minimum atomic E-state index is -0.937. The van der Waals surface area contributed by atoms with Crippen LogP contribution in [0.5, 0.6) is 6.01 Å². The molecule has 11 heteroatoms. The number of likely N-dealkylation sites (tertiary alicyclic amines) is 1. The number of amides is 1. The number of carbonyl (C=O) groups excluding carboxylic acids is 1. The van der Waals surface area contributed by atoms with E-state index in [0.717, 1.165) is 19.4 Å². The minimum Gasteiger partial charge on any atom is -0.461 e. The zero-order chi connectivity index (χ0) is 33.0. The Morgan fingerprint density at radius 3 is 2.87 bits per heavy atom. The molecule has 3 aliphatic rings. The summed E-state index contributed by atoms with van der Waals surface area (Å²) in [5, 5.41) is 1.36. The minimum absolute atomic E-state index is 0.0171. The molecule has 4 atom stereocenters. The summed E-state index contributed by atoms with van der Waals surface area (Å²) in [7, 11) is 1.84. The highest BCUT2D eigenvalue weighted by Gasteiger charge is 2.49. The number of alkyl halides is 1. The number of hydrogen-bond acceptors (Lipinski definition) is 7. The van der Waals surface area contributed by atoms with Crippen LogP contribution in [0.15, 0.2) is 49.2 Å². The molecule has 7 rings (SSSR count). The number of pyridine rings is 1. The molecule has 4 aromatic rings. The van der Waals surface area contributed by atoms with E-state index in [0.29, 0.717) is 53.5 Å². The first-order valence-electron chi connectivity index (χ1n) is 15.9. The molecule has 0 radical (unpaired) electrons. The van der Waals surface area contributed by atoms with Crippen molar-refractivity contribution in [2.24, 2.45) is 0 Å². The van der Waals surface area contributed by atoms with E-state index < -0.39 is 23.3 Å². The van der Waals surface area contributed by atoms with Crippen LogP contribution in [0.3, 0.4) is 0 Å². The first kappa shape index (κ1) is 30.9. The third kappa shape index (κ3) is 5.06. The summed E-state index contributed by atoms with van der Waals surface area (Å²) < 4.78 is 52.4. The number of likely N-dealkylation sites (N-methyl/N-ethyl adjacent to an activating group) is 1. The number of terminal acetylenes is 1. The van der Waals surface area contributed by atoms with Gasteiger partial charge in [0.2, 0.25) is 5.91 Å². The van der Waals surface area contributed by atoms with Gasteiger partial charge in [0.25, 0.3) is 0 Å². The average Bonchev–Trinajstić information content (AvgIpc) is 3.74. The number of rotatable bonds is 7. The van der Waals surface area contributed by atoms with E-state index in [-0.39, 0.29) is 47.4 Å². The van der Waals surface area contributed by atoms with Gasteiger partial charge in [-0.25, -0.2) is 13.2 Å². The number of hydrogen-bond donors (Lipinski definition) is 0. The molecule has 3 aliphatic heterocycles. The summed E-state index contributed by atoms with van der Waals surface area (Å²) in [5.74, 6) is 1.30. The highest BCUT2D eigenvalue weighted by atomic mass is 19.1. The first-order valence-corrected chi connectivity index (χ1v) is 15.9. The summed E-state index contributed by atoms with van der Waals surface area (Å²) in [6.45, 7) is 7.44. The van der Waals surface area contributed by atoms with Gasteiger partial charge in [-0.2, -0.15) is 9.97 Å². The monoisotopic (exact) mass is 640 g/mol. The van der Waals surface area contributed by atoms with Gasteiger partial charge in [0.15, 0.2) is 5.82 Å². The van der Waals surface area contributed by atoms with Gasteiger partial charge in [0.1, 0.15) is 35.6 Å². The molecule has 3 fully saturated rings. The lowest BCUT2D eigenvalue weighted by Gasteiger charge is -2.32. The van der Waals surface area contributed by atoms with Crippen molar-refractivity contribution in [1.82, 2.24) is 24.8 Å². The van der Waals surface area contributed by atoms with Gasteiger partial charge in [-0.1, -0.05) is 36.8 Å². The zero-order valence-electron chi connectivity index (χ0n) is 26.3. The molecular weight excluding hydrogens is 605 g/mol. The number of carbonyl (C=O) groups is 1. The standard InChI is InChI=1S/C36H35F3N6O2/c1-5-24-27(38)12-11-22-9-7-10-25(30(22)24)32-31(39)33-26(18-40-32)34(43(4)28-13-16-45(21(28)3)29(46)6-2)42-35(41-33)47-20-36-14-8-15-44(36)19-23(37)17-36/h1,6-7,9-12,18,21,23,28H,2,8,13-17,19-20H2,3-4H3/t21-,23-,28-,36+/m1/s1. The van der Waals surface area contributed by atoms with Crippen molar-refractivity contribution in [3.05, 3.63) is 66.4 Å². The Hall–Kier alpha value is -4.69. The van der Waals surface area contributed by atoms with Crippen molar-refractivity contribution in [3.8, 4) is 29.6 Å². The Morgan fingerprint density at radius 1 is 1.26 bits per heavy atom. The molecule has 0 N–H and O–H groups in total. The lowest BCUT2D eigenvalue weighted by atomic mass is 9.95. The molecular formula is C36H35F3N6O2. The number of anilines is 1. The van der Waals surface area contributed by atoms with Gasteiger partial charge in [0.05, 0.1) is 22.5 Å². The van der Waals surface area contributed by atoms with Crippen LogP contribution in [0.25, 0.3) is 32.9 Å². The fourth-order valence-corrected chi connectivity index (χ4v) is 7.91. The molecule has 8 nitrogen and oxygen atoms in total. The van der Waals surface area contributed by atoms with Gasteiger partial charge in [-0.15, -0.1) is 6.42 Å². The summed E-state index contributed by atoms with van der Waals surface area (Å²) in [4.78, 5) is 32.2. The van der Waals surface area contributed by atoms with Crippen LogP contribution in [0.1, 0.15) is 38.2 Å². The van der Waals surface area contributed by atoms with E-state index in [2.05, 4.69) is 27.4 Å². The SMILES string of the molecule is C#Cc1c(F)ccc2cccc(-c3ncc4c(N(C)[C@@H]5CCN(C(=O)C=C)[C@@H]5C)nc(OC[C@@]56CCCN5C[C@H](F)C6)nc4c3F)c12. The third-order valence-electron chi connectivity index (χ3n) is 10.3. The Balaban J connectivity index is 1.36. The quantitative estimate of drug-likeness (QED) is 0.190. The lowest BCUT2D eigenvalue weighted by molar-refractivity contribution is -0.126. The molecule has 0 aliphatic carbocycles. The maximum absolute atomic E-state index is 16.8. The van der Waals surface area contributed by atoms with E-state index in [1.807, 2.05) is 18.9 Å². The molecule has 2 aromatic heterocycles. The van der Waals surface area contributed by atoms with Gasteiger partial charge < -0.3 is 14.5 Å². The number of halogens is 3. The number of nitrogens with zero attached hydrogens (tertiary/aromatic N) is 6. The highest BCUT2D eigenvalue weighted by Crippen LogP contribution is 2.41. The Kier molecular flexibility index (Phi) is 7.79. The Morgan fingerprint density at radius 2 is 2.09 bits per heavy atom. The number of aromatic nitrogens is 3. The van der Waals surface area contributed by atoms with Crippen molar-refractivity contribution in [1.29, 1.82) is 0 Å². The largest absolute Gasteiger partial charge is 0.461 e. The number of ether oxygens (including phenoxy) is 1. The van der Waals surface area contributed by atoms with Gasteiger partial charge >= 0.3 is 6.01 Å². The topological polar surface area (TPSA) is 74.7 Å². The van der Waals surface area contributed by atoms with Gasteiger partial charge in [0, 0.05) is 49.7 Å². The fourth-order valence-electron chi connectivity index (χ4n) is 7.91. The first-order chi connectivity index (χ1) is 22.7. The maximum atomic E-state index is 16.8. The third-order valence-corrected chi connectivity index (χ3v) is 10.3. The highest BCUT2D eigenvalue weighted by molar-refractivity contribution is 6.02. The second-order valence-corrected chi connectivity index (χ2v) is 12.8. The van der Waals surface area contributed by atoms with E-state index in [1.165, 1.54) is 18.3 Å². The summed E-state index contributed by atoms with van der Waals surface area (Å²) in [6, 6.07) is 7.66. The molecule has 242 valence electrons. The average molecular weight is 641 g/mol. The van der Waals surface area contributed by atoms with E-state index in [1.54, 1.807) is 29.2 Å². The number of benzene rings is 2. The molecule has 0 spiro atoms. The Labute approximate surface area is 271 Å². The smallest absolute Gasteiger partial charge is 0.319 e. The molecule has 2 aromatic carbocycles. The Bertz CT molecular complexity index is 1960. The predicted molar refractivity (Wildman–Crippen MR) is 175 cm³/mol. The molecule has 0 bridgehead atoms. The van der Waals surface area contributed by atoms with E-state index >= 15 is 4.39 Å². The second kappa shape index (κ2) is 11.8. The van der Waals surface area contributed by atoms with E-state index in [9.17, 15) is 13.6 Å². The molecule has 0 unspecified atom stereocenters. The van der Waals surface area contributed by atoms with Crippen molar-refractivity contribution in [2.45, 2.75) is 56.4 Å². The molecule has 3 saturated heterocycles. The molecule has 47 heavy (non-hydrogen) atoms. The summed E-state index contributed by atoms with van der Waals surface area (Å²) in [5.41, 5.74) is -0.192. The second-order valence-electron chi connectivity index (χ2n) is 12.8. The van der Waals surface area contributed by atoms with Gasteiger partial charge in [-0.3, -0.25) is 14.7 Å². The normalized spacial score (nSPS) is 24.1. The fraction of sp³-hybridized carbons (Fsp3) is 0.389.